The average Bonchev–Trinajstić information content (AvgIpc) is 2.84. The van der Waals surface area contributed by atoms with Gasteiger partial charge in [0.1, 0.15) is 6.54 Å². The Balaban J connectivity index is 1.74. The Morgan fingerprint density at radius 3 is 1.78 bits per heavy atom. The van der Waals surface area contributed by atoms with E-state index in [9.17, 15) is 9.59 Å². The molecule has 4 rings (SSSR count). The van der Waals surface area contributed by atoms with Crippen LogP contribution in [0, 0.1) is 0 Å². The maximum absolute atomic E-state index is 13.1. The normalized spacial score (nSPS) is 16.8. The van der Waals surface area contributed by atoms with E-state index in [2.05, 4.69) is 5.32 Å². The van der Waals surface area contributed by atoms with Crippen molar-refractivity contribution in [2.75, 3.05) is 19.8 Å². The number of aliphatic carboxylic acids is 1. The molecule has 0 bridgehead atoms. The Hall–Kier alpha value is -3.19. The fourth-order valence-electron chi connectivity index (χ4n) is 3.92. The SMILES string of the molecule is O=C(O)CNC(=O)C1(c2ccc(Cl)cc2)OCC(c2ccccc2)(c2ccccc2)CO1. The minimum atomic E-state index is -1.80. The molecule has 0 aliphatic carbocycles. The van der Waals surface area contributed by atoms with Gasteiger partial charge in [0.15, 0.2) is 0 Å². The largest absolute Gasteiger partial charge is 0.480 e. The quantitative estimate of drug-likeness (QED) is 0.596. The first kappa shape index (κ1) is 22.0. The molecule has 0 aromatic heterocycles. The van der Waals surface area contributed by atoms with E-state index in [-0.39, 0.29) is 13.2 Å². The topological polar surface area (TPSA) is 84.9 Å². The molecular formula is C25H22ClNO5. The average molecular weight is 452 g/mol. The predicted octanol–water partition coefficient (Wildman–Crippen LogP) is 3.73. The number of nitrogens with one attached hydrogen (secondary N) is 1. The highest BCUT2D eigenvalue weighted by Crippen LogP contribution is 2.43. The molecule has 0 spiro atoms. The number of hydrogen-bond acceptors (Lipinski definition) is 4. The number of halogens is 1. The molecule has 1 aliphatic heterocycles. The lowest BCUT2D eigenvalue weighted by molar-refractivity contribution is -0.277. The van der Waals surface area contributed by atoms with Crippen LogP contribution in [0.5, 0.6) is 0 Å². The number of amides is 1. The van der Waals surface area contributed by atoms with Crippen molar-refractivity contribution in [3.63, 3.8) is 0 Å². The first-order chi connectivity index (χ1) is 15.5. The highest BCUT2D eigenvalue weighted by molar-refractivity contribution is 6.30. The van der Waals surface area contributed by atoms with Crippen LogP contribution in [-0.4, -0.2) is 36.7 Å². The van der Waals surface area contributed by atoms with Crippen LogP contribution in [0.1, 0.15) is 16.7 Å². The zero-order chi connectivity index (χ0) is 22.6. The summed E-state index contributed by atoms with van der Waals surface area (Å²) in [4.78, 5) is 24.2. The number of carbonyl (C=O) groups excluding carboxylic acids is 1. The second-order valence-electron chi connectivity index (χ2n) is 7.59. The Kier molecular flexibility index (Phi) is 6.28. The Morgan fingerprint density at radius 2 is 1.31 bits per heavy atom. The van der Waals surface area contributed by atoms with Gasteiger partial charge < -0.3 is 19.9 Å². The highest BCUT2D eigenvalue weighted by Gasteiger charge is 2.52. The lowest BCUT2D eigenvalue weighted by Crippen LogP contribution is -2.57. The van der Waals surface area contributed by atoms with E-state index in [1.165, 1.54) is 0 Å². The highest BCUT2D eigenvalue weighted by atomic mass is 35.5. The first-order valence-electron chi connectivity index (χ1n) is 10.1. The molecule has 1 heterocycles. The molecule has 164 valence electrons. The molecule has 3 aromatic carbocycles. The summed E-state index contributed by atoms with van der Waals surface area (Å²) in [5.74, 6) is -3.65. The van der Waals surface area contributed by atoms with Crippen molar-refractivity contribution < 1.29 is 24.2 Å². The van der Waals surface area contributed by atoms with Crippen molar-refractivity contribution in [3.8, 4) is 0 Å². The Morgan fingerprint density at radius 1 is 0.812 bits per heavy atom. The molecular weight excluding hydrogens is 430 g/mol. The molecule has 1 fully saturated rings. The van der Waals surface area contributed by atoms with Crippen molar-refractivity contribution in [1.82, 2.24) is 5.32 Å². The standard InChI is InChI=1S/C25H22ClNO5/c26-21-13-11-20(12-14-21)25(23(30)27-15-22(28)29)31-16-24(17-32-25,18-7-3-1-4-8-18)19-9-5-2-6-10-19/h1-14H,15-17H2,(H,27,30)(H,28,29). The van der Waals surface area contributed by atoms with Crippen molar-refractivity contribution in [2.45, 2.75) is 11.2 Å². The van der Waals surface area contributed by atoms with Gasteiger partial charge in [0.25, 0.3) is 11.7 Å². The molecule has 1 amide bonds. The summed E-state index contributed by atoms with van der Waals surface area (Å²) in [5.41, 5.74) is 1.76. The van der Waals surface area contributed by atoms with Gasteiger partial charge in [0, 0.05) is 10.6 Å². The monoisotopic (exact) mass is 451 g/mol. The molecule has 1 saturated heterocycles. The zero-order valence-electron chi connectivity index (χ0n) is 17.2. The van der Waals surface area contributed by atoms with Crippen LogP contribution < -0.4 is 5.32 Å². The van der Waals surface area contributed by atoms with Gasteiger partial charge in [-0.15, -0.1) is 0 Å². The van der Waals surface area contributed by atoms with Gasteiger partial charge in [-0.05, 0) is 23.3 Å². The predicted molar refractivity (Wildman–Crippen MR) is 119 cm³/mol. The van der Waals surface area contributed by atoms with E-state index in [4.69, 9.17) is 26.2 Å². The van der Waals surface area contributed by atoms with Crippen LogP contribution in [-0.2, 0) is 30.3 Å². The third kappa shape index (κ3) is 4.12. The van der Waals surface area contributed by atoms with E-state index in [0.29, 0.717) is 10.6 Å². The van der Waals surface area contributed by atoms with Gasteiger partial charge in [-0.3, -0.25) is 9.59 Å². The molecule has 0 radical (unpaired) electrons. The number of carboxylic acids is 1. The number of carbonyl (C=O) groups is 2. The number of ether oxygens (including phenoxy) is 2. The molecule has 7 heteroatoms. The van der Waals surface area contributed by atoms with Gasteiger partial charge >= 0.3 is 5.97 Å². The summed E-state index contributed by atoms with van der Waals surface area (Å²) in [6.45, 7) is -0.266. The van der Waals surface area contributed by atoms with Crippen LogP contribution in [0.3, 0.4) is 0 Å². The van der Waals surface area contributed by atoms with Crippen LogP contribution >= 0.6 is 11.6 Å². The summed E-state index contributed by atoms with van der Waals surface area (Å²) in [6.07, 6.45) is 0. The van der Waals surface area contributed by atoms with Gasteiger partial charge in [0.2, 0.25) is 0 Å². The maximum atomic E-state index is 13.1. The van der Waals surface area contributed by atoms with Gasteiger partial charge in [-0.1, -0.05) is 84.4 Å². The second-order valence-corrected chi connectivity index (χ2v) is 8.03. The zero-order valence-corrected chi connectivity index (χ0v) is 17.9. The van der Waals surface area contributed by atoms with E-state index >= 15 is 0 Å². The lowest BCUT2D eigenvalue weighted by atomic mass is 9.75. The first-order valence-corrected chi connectivity index (χ1v) is 10.5. The van der Waals surface area contributed by atoms with Crippen LogP contribution in [0.4, 0.5) is 0 Å². The molecule has 0 saturated carbocycles. The molecule has 32 heavy (non-hydrogen) atoms. The van der Waals surface area contributed by atoms with E-state index in [1.807, 2.05) is 60.7 Å². The van der Waals surface area contributed by atoms with Crippen molar-refractivity contribution in [3.05, 3.63) is 107 Å². The third-order valence-corrected chi connectivity index (χ3v) is 5.87. The van der Waals surface area contributed by atoms with Crippen molar-refractivity contribution in [1.29, 1.82) is 0 Å². The number of carboxylic acid groups (broad SMARTS) is 1. The van der Waals surface area contributed by atoms with E-state index in [0.717, 1.165) is 11.1 Å². The smallest absolute Gasteiger partial charge is 0.322 e. The minimum Gasteiger partial charge on any atom is -0.480 e. The fourth-order valence-corrected chi connectivity index (χ4v) is 4.04. The van der Waals surface area contributed by atoms with Gasteiger partial charge in [0.05, 0.1) is 18.6 Å². The van der Waals surface area contributed by atoms with Crippen molar-refractivity contribution in [2.24, 2.45) is 0 Å². The Bertz CT molecular complexity index is 1040. The van der Waals surface area contributed by atoms with Gasteiger partial charge in [-0.25, -0.2) is 0 Å². The van der Waals surface area contributed by atoms with Crippen LogP contribution in [0.15, 0.2) is 84.9 Å². The summed E-state index contributed by atoms with van der Waals surface area (Å²) in [7, 11) is 0. The summed E-state index contributed by atoms with van der Waals surface area (Å²) in [5, 5.41) is 11.9. The number of hydrogen-bond donors (Lipinski definition) is 2. The number of benzene rings is 3. The lowest BCUT2D eigenvalue weighted by Gasteiger charge is -2.46. The van der Waals surface area contributed by atoms with Crippen molar-refractivity contribution >= 4 is 23.5 Å². The summed E-state index contributed by atoms with van der Waals surface area (Å²) in [6, 6.07) is 26.2. The molecule has 0 atom stereocenters. The summed E-state index contributed by atoms with van der Waals surface area (Å²) >= 11 is 6.02. The third-order valence-electron chi connectivity index (χ3n) is 5.62. The van der Waals surface area contributed by atoms with Crippen LogP contribution in [0.2, 0.25) is 5.02 Å². The minimum absolute atomic E-state index is 0.143. The molecule has 1 aliphatic rings. The van der Waals surface area contributed by atoms with E-state index in [1.54, 1.807) is 24.3 Å². The molecule has 6 nitrogen and oxygen atoms in total. The van der Waals surface area contributed by atoms with Gasteiger partial charge in [-0.2, -0.15) is 0 Å². The Labute approximate surface area is 190 Å². The molecule has 2 N–H and O–H groups in total. The number of rotatable bonds is 6. The van der Waals surface area contributed by atoms with Crippen LogP contribution in [0.25, 0.3) is 0 Å². The second kappa shape index (κ2) is 9.12. The fraction of sp³-hybridized carbons (Fsp3) is 0.200. The molecule has 3 aromatic rings. The molecule has 0 unspecified atom stereocenters. The summed E-state index contributed by atoms with van der Waals surface area (Å²) < 4.78 is 12.5. The van der Waals surface area contributed by atoms with E-state index < -0.39 is 29.6 Å². The maximum Gasteiger partial charge on any atom is 0.322 e.